The van der Waals surface area contributed by atoms with Gasteiger partial charge in [-0.2, -0.15) is 4.98 Å². The lowest BCUT2D eigenvalue weighted by Gasteiger charge is -2.32. The quantitative estimate of drug-likeness (QED) is 0.326. The number of oxazole rings is 1. The number of fused-ring (bicyclic) bond motifs is 1. The van der Waals surface area contributed by atoms with Gasteiger partial charge in [0.25, 0.3) is 6.01 Å². The first kappa shape index (κ1) is 23.1. The van der Waals surface area contributed by atoms with Gasteiger partial charge < -0.3 is 29.5 Å². The van der Waals surface area contributed by atoms with E-state index in [1.807, 2.05) is 56.6 Å². The van der Waals surface area contributed by atoms with E-state index in [1.165, 1.54) is 5.56 Å². The number of hydrogen-bond donors (Lipinski definition) is 2. The number of piperidine rings is 1. The molecule has 1 fully saturated rings. The molecule has 0 aliphatic carbocycles. The van der Waals surface area contributed by atoms with Crippen LogP contribution in [0.1, 0.15) is 32.3 Å². The van der Waals surface area contributed by atoms with Crippen LogP contribution in [0.15, 0.2) is 59.3 Å². The Bertz CT molecular complexity index is 1230. The number of rotatable bonds is 9. The Morgan fingerprint density at radius 1 is 1.03 bits per heavy atom. The monoisotopic (exact) mass is 475 g/mol. The van der Waals surface area contributed by atoms with Gasteiger partial charge in [0.15, 0.2) is 5.58 Å². The Kier molecular flexibility index (Phi) is 6.81. The highest BCUT2D eigenvalue weighted by molar-refractivity contribution is 5.78. The summed E-state index contributed by atoms with van der Waals surface area (Å²) >= 11 is 0. The number of ether oxygens (including phenoxy) is 2. The van der Waals surface area contributed by atoms with Gasteiger partial charge >= 0.3 is 0 Å². The van der Waals surface area contributed by atoms with Crippen LogP contribution in [0.25, 0.3) is 16.8 Å². The molecule has 0 unspecified atom stereocenters. The third kappa shape index (κ3) is 5.22. The number of nitrogens with one attached hydrogen (secondary N) is 1. The van der Waals surface area contributed by atoms with Crippen molar-refractivity contribution in [2.75, 3.05) is 37.4 Å². The van der Waals surface area contributed by atoms with E-state index in [-0.39, 0.29) is 0 Å². The van der Waals surface area contributed by atoms with Gasteiger partial charge in [0, 0.05) is 43.8 Å². The van der Waals surface area contributed by atoms with Crippen LogP contribution in [0.2, 0.25) is 0 Å². The van der Waals surface area contributed by atoms with E-state index >= 15 is 0 Å². The van der Waals surface area contributed by atoms with Crippen molar-refractivity contribution in [2.45, 2.75) is 39.3 Å². The molecule has 2 aromatic carbocycles. The number of aromatic nitrogens is 2. The summed E-state index contributed by atoms with van der Waals surface area (Å²) in [4.78, 5) is 7.01. The van der Waals surface area contributed by atoms with Crippen molar-refractivity contribution in [1.82, 2.24) is 14.5 Å². The lowest BCUT2D eigenvalue weighted by Crippen LogP contribution is -2.38. The molecule has 0 saturated carbocycles. The molecule has 0 spiro atoms. The summed E-state index contributed by atoms with van der Waals surface area (Å²) in [6.07, 6.45) is 6.06. The highest BCUT2D eigenvalue weighted by Crippen LogP contribution is 2.35. The molecule has 1 aliphatic rings. The van der Waals surface area contributed by atoms with Crippen molar-refractivity contribution in [3.05, 3.63) is 60.4 Å². The van der Waals surface area contributed by atoms with Crippen LogP contribution < -0.4 is 20.5 Å². The minimum atomic E-state index is 0.325. The summed E-state index contributed by atoms with van der Waals surface area (Å²) in [5, 5.41) is 3.46. The zero-order valence-corrected chi connectivity index (χ0v) is 20.4. The van der Waals surface area contributed by atoms with Crippen molar-refractivity contribution < 1.29 is 13.9 Å². The maximum atomic E-state index is 6.04. The van der Waals surface area contributed by atoms with Crippen molar-refractivity contribution in [3.8, 4) is 17.2 Å². The average Bonchev–Trinajstić information content (AvgIpc) is 3.50. The lowest BCUT2D eigenvalue weighted by molar-refractivity contribution is 0.209. The first-order valence-electron chi connectivity index (χ1n) is 12.3. The molecule has 8 heteroatoms. The van der Waals surface area contributed by atoms with Crippen LogP contribution in [-0.2, 0) is 6.54 Å². The van der Waals surface area contributed by atoms with Crippen molar-refractivity contribution in [2.24, 2.45) is 0 Å². The first-order chi connectivity index (χ1) is 17.1. The van der Waals surface area contributed by atoms with Gasteiger partial charge in [-0.15, -0.1) is 0 Å². The Morgan fingerprint density at radius 2 is 1.71 bits per heavy atom. The fourth-order valence-electron chi connectivity index (χ4n) is 4.67. The summed E-state index contributed by atoms with van der Waals surface area (Å²) in [7, 11) is 0. The molecule has 1 saturated heterocycles. The van der Waals surface area contributed by atoms with Gasteiger partial charge in [0.2, 0.25) is 0 Å². The zero-order chi connectivity index (χ0) is 24.2. The Morgan fingerprint density at radius 3 is 2.37 bits per heavy atom. The molecule has 0 bridgehead atoms. The molecule has 4 aromatic rings. The summed E-state index contributed by atoms with van der Waals surface area (Å²) in [6, 6.07) is 14.7. The second-order valence-electron chi connectivity index (χ2n) is 8.84. The van der Waals surface area contributed by atoms with Crippen LogP contribution in [0.3, 0.4) is 0 Å². The maximum absolute atomic E-state index is 6.04. The lowest BCUT2D eigenvalue weighted by atomic mass is 10.0. The SMILES string of the molecule is CCOc1cc(CN2CCC(Nc3nc4cc(N)ccc4o3)CC2)cc(OCC)c1-n1cccc1. The minimum Gasteiger partial charge on any atom is -0.492 e. The molecular formula is C27H33N5O3. The van der Waals surface area contributed by atoms with Crippen molar-refractivity contribution in [1.29, 1.82) is 0 Å². The Hall–Kier alpha value is -3.65. The van der Waals surface area contributed by atoms with E-state index in [4.69, 9.17) is 19.6 Å². The number of nitrogen functional groups attached to an aromatic ring is 1. The topological polar surface area (TPSA) is 90.7 Å². The van der Waals surface area contributed by atoms with Gasteiger partial charge in [-0.25, -0.2) is 0 Å². The molecule has 0 atom stereocenters. The fourth-order valence-corrected chi connectivity index (χ4v) is 4.67. The summed E-state index contributed by atoms with van der Waals surface area (Å²) in [5.41, 5.74) is 10.2. The first-order valence-corrected chi connectivity index (χ1v) is 12.3. The molecule has 2 aromatic heterocycles. The summed E-state index contributed by atoms with van der Waals surface area (Å²) in [5.74, 6) is 1.69. The van der Waals surface area contributed by atoms with Crippen molar-refractivity contribution in [3.63, 3.8) is 0 Å². The van der Waals surface area contributed by atoms with E-state index in [0.29, 0.717) is 31.0 Å². The normalized spacial score (nSPS) is 14.9. The Balaban J connectivity index is 1.25. The van der Waals surface area contributed by atoms with Gasteiger partial charge in [0.05, 0.1) is 13.2 Å². The molecule has 5 rings (SSSR count). The maximum Gasteiger partial charge on any atom is 0.295 e. The smallest absolute Gasteiger partial charge is 0.295 e. The zero-order valence-electron chi connectivity index (χ0n) is 20.4. The largest absolute Gasteiger partial charge is 0.492 e. The molecule has 0 radical (unpaired) electrons. The van der Waals surface area contributed by atoms with E-state index in [1.54, 1.807) is 0 Å². The van der Waals surface area contributed by atoms with Gasteiger partial charge in [0.1, 0.15) is 22.7 Å². The molecule has 0 amide bonds. The number of anilines is 2. The molecule has 184 valence electrons. The van der Waals surface area contributed by atoms with Gasteiger partial charge in [-0.3, -0.25) is 4.90 Å². The second kappa shape index (κ2) is 10.3. The molecule has 3 heterocycles. The molecule has 35 heavy (non-hydrogen) atoms. The standard InChI is InChI=1S/C27H33N5O3/c1-3-33-24-15-19(16-25(34-4-2)26(24)32-11-5-6-12-32)18-31-13-9-21(10-14-31)29-27-30-22-17-20(28)7-8-23(22)35-27/h5-8,11-12,15-17,21H,3-4,9-10,13-14,18,28H2,1-2H3,(H,29,30). The van der Waals surface area contributed by atoms with Crippen molar-refractivity contribution >= 4 is 22.8 Å². The molecule has 1 aliphatic heterocycles. The third-order valence-electron chi connectivity index (χ3n) is 6.30. The molecular weight excluding hydrogens is 442 g/mol. The van der Waals surface area contributed by atoms with E-state index < -0.39 is 0 Å². The van der Waals surface area contributed by atoms with Gasteiger partial charge in [-0.1, -0.05) is 0 Å². The van der Waals surface area contributed by atoms with E-state index in [2.05, 4.69) is 31.9 Å². The predicted molar refractivity (Wildman–Crippen MR) is 138 cm³/mol. The van der Waals surface area contributed by atoms with Crippen LogP contribution in [0.5, 0.6) is 11.5 Å². The number of nitrogens with two attached hydrogens (primary N) is 1. The summed E-state index contributed by atoms with van der Waals surface area (Å²) in [6.45, 7) is 8.04. The summed E-state index contributed by atoms with van der Waals surface area (Å²) < 4.78 is 20.0. The minimum absolute atomic E-state index is 0.325. The third-order valence-corrected chi connectivity index (χ3v) is 6.30. The highest BCUT2D eigenvalue weighted by atomic mass is 16.5. The average molecular weight is 476 g/mol. The van der Waals surface area contributed by atoms with Crippen LogP contribution in [-0.4, -0.2) is 46.8 Å². The number of hydrogen-bond acceptors (Lipinski definition) is 7. The number of benzene rings is 2. The number of nitrogens with zero attached hydrogens (tertiary/aromatic N) is 3. The molecule has 3 N–H and O–H groups in total. The number of likely N-dealkylation sites (tertiary alicyclic amines) is 1. The molecule has 8 nitrogen and oxygen atoms in total. The van der Waals surface area contributed by atoms with Crippen LogP contribution >= 0.6 is 0 Å². The highest BCUT2D eigenvalue weighted by Gasteiger charge is 2.22. The fraction of sp³-hybridized carbons (Fsp3) is 0.370. The second-order valence-corrected chi connectivity index (χ2v) is 8.84. The Labute approximate surface area is 205 Å². The van der Waals surface area contributed by atoms with Crippen LogP contribution in [0.4, 0.5) is 11.7 Å². The van der Waals surface area contributed by atoms with Gasteiger partial charge in [-0.05, 0) is 74.7 Å². The van der Waals surface area contributed by atoms with Crippen LogP contribution in [0, 0.1) is 0 Å². The van der Waals surface area contributed by atoms with E-state index in [0.717, 1.165) is 60.8 Å². The van der Waals surface area contributed by atoms with E-state index in [9.17, 15) is 0 Å². The predicted octanol–water partition coefficient (Wildman–Crippen LogP) is 5.07.